The van der Waals surface area contributed by atoms with Crippen LogP contribution in [0.2, 0.25) is 5.02 Å². The molecular weight excluding hydrogens is 632 g/mol. The number of aromatic nitrogens is 2. The third-order valence-corrected chi connectivity index (χ3v) is 9.90. The smallest absolute Gasteiger partial charge is 0.268 e. The minimum absolute atomic E-state index is 0.0350. The van der Waals surface area contributed by atoms with Crippen LogP contribution < -0.4 is 14.4 Å². The van der Waals surface area contributed by atoms with Gasteiger partial charge >= 0.3 is 0 Å². The van der Waals surface area contributed by atoms with Crippen LogP contribution >= 0.6 is 11.6 Å². The molecule has 1 aliphatic rings. The highest BCUT2D eigenvalue weighted by atomic mass is 35.5. The van der Waals surface area contributed by atoms with Gasteiger partial charge in [0.05, 0.1) is 28.8 Å². The largest absolute Gasteiger partial charge is 0.493 e. The SMILES string of the molecule is CCCCc1ccc(S(=O)(=O)NC(=O)c2cnc(N3CCC[C@@H]3c3ccc(Cl)cc3)nc2CCc2ccc(OCC(C)C)cc2)cc1. The van der Waals surface area contributed by atoms with Crippen LogP contribution in [0.25, 0.3) is 0 Å². The first kappa shape index (κ1) is 34.4. The summed E-state index contributed by atoms with van der Waals surface area (Å²) in [6, 6.07) is 22.4. The Bertz CT molecular complexity index is 1750. The number of hydrogen-bond acceptors (Lipinski definition) is 7. The summed E-state index contributed by atoms with van der Waals surface area (Å²) in [5.41, 5.74) is 3.84. The maximum atomic E-state index is 13.6. The molecule has 248 valence electrons. The van der Waals surface area contributed by atoms with Crippen LogP contribution in [0.4, 0.5) is 5.95 Å². The molecule has 3 aromatic carbocycles. The number of amides is 1. The first-order valence-corrected chi connectivity index (χ1v) is 18.2. The average molecular weight is 675 g/mol. The van der Waals surface area contributed by atoms with Crippen LogP contribution in [0.3, 0.4) is 0 Å². The number of hydrogen-bond donors (Lipinski definition) is 1. The Labute approximate surface area is 283 Å². The minimum Gasteiger partial charge on any atom is -0.493 e. The van der Waals surface area contributed by atoms with Crippen LogP contribution in [0, 0.1) is 5.92 Å². The van der Waals surface area contributed by atoms with Gasteiger partial charge in [-0.25, -0.2) is 23.1 Å². The summed E-state index contributed by atoms with van der Waals surface area (Å²) in [6.45, 7) is 7.72. The third-order valence-electron chi connectivity index (χ3n) is 8.30. The van der Waals surface area contributed by atoms with Gasteiger partial charge in [-0.1, -0.05) is 75.2 Å². The number of carbonyl (C=O) groups excluding carboxylic acids is 1. The van der Waals surface area contributed by atoms with Crippen LogP contribution in [0.15, 0.2) is 83.9 Å². The summed E-state index contributed by atoms with van der Waals surface area (Å²) < 4.78 is 34.6. The maximum Gasteiger partial charge on any atom is 0.268 e. The highest BCUT2D eigenvalue weighted by Gasteiger charge is 2.30. The molecule has 0 bridgehead atoms. The van der Waals surface area contributed by atoms with Crippen molar-refractivity contribution in [2.75, 3.05) is 18.1 Å². The monoisotopic (exact) mass is 674 g/mol. The van der Waals surface area contributed by atoms with E-state index in [1.165, 1.54) is 6.20 Å². The highest BCUT2D eigenvalue weighted by molar-refractivity contribution is 7.90. The van der Waals surface area contributed by atoms with Gasteiger partial charge in [0.1, 0.15) is 5.75 Å². The molecule has 1 fully saturated rings. The fraction of sp³-hybridized carbons (Fsp3) is 0.378. The zero-order chi connectivity index (χ0) is 33.4. The fourth-order valence-corrected chi connectivity index (χ4v) is 6.79. The highest BCUT2D eigenvalue weighted by Crippen LogP contribution is 2.35. The second-order valence-corrected chi connectivity index (χ2v) is 14.6. The molecule has 2 heterocycles. The molecule has 0 aliphatic carbocycles. The molecule has 1 aliphatic heterocycles. The first-order chi connectivity index (χ1) is 22.6. The lowest BCUT2D eigenvalue weighted by molar-refractivity contribution is 0.0979. The van der Waals surface area contributed by atoms with Gasteiger partial charge in [-0.2, -0.15) is 0 Å². The molecule has 8 nitrogen and oxygen atoms in total. The molecule has 1 amide bonds. The van der Waals surface area contributed by atoms with E-state index in [4.69, 9.17) is 21.3 Å². The van der Waals surface area contributed by atoms with Gasteiger partial charge in [-0.15, -0.1) is 0 Å². The predicted octanol–water partition coefficient (Wildman–Crippen LogP) is 7.75. The van der Waals surface area contributed by atoms with Crippen molar-refractivity contribution < 1.29 is 17.9 Å². The van der Waals surface area contributed by atoms with E-state index in [1.54, 1.807) is 24.3 Å². The van der Waals surface area contributed by atoms with E-state index in [-0.39, 0.29) is 16.5 Å². The molecule has 1 atom stereocenters. The normalized spacial score (nSPS) is 14.8. The number of carbonyl (C=O) groups is 1. The topological polar surface area (TPSA) is 101 Å². The maximum absolute atomic E-state index is 13.6. The first-order valence-electron chi connectivity index (χ1n) is 16.4. The van der Waals surface area contributed by atoms with Gasteiger partial charge in [-0.3, -0.25) is 4.79 Å². The van der Waals surface area contributed by atoms with Crippen molar-refractivity contribution in [1.82, 2.24) is 14.7 Å². The fourth-order valence-electron chi connectivity index (χ4n) is 5.69. The second kappa shape index (κ2) is 15.8. The lowest BCUT2D eigenvalue weighted by Gasteiger charge is -2.26. The zero-order valence-electron chi connectivity index (χ0n) is 27.3. The molecule has 1 saturated heterocycles. The Kier molecular flexibility index (Phi) is 11.5. The number of benzene rings is 3. The summed E-state index contributed by atoms with van der Waals surface area (Å²) >= 11 is 6.15. The number of halogens is 1. The molecule has 10 heteroatoms. The molecule has 47 heavy (non-hydrogen) atoms. The molecule has 0 radical (unpaired) electrons. The Morgan fingerprint density at radius 2 is 1.66 bits per heavy atom. The average Bonchev–Trinajstić information content (AvgIpc) is 3.56. The predicted molar refractivity (Wildman–Crippen MR) is 187 cm³/mol. The van der Waals surface area contributed by atoms with Crippen molar-refractivity contribution in [1.29, 1.82) is 0 Å². The number of anilines is 1. The van der Waals surface area contributed by atoms with Crippen LogP contribution in [0.1, 0.15) is 85.2 Å². The van der Waals surface area contributed by atoms with Gasteiger partial charge in [0, 0.05) is 17.8 Å². The van der Waals surface area contributed by atoms with E-state index in [9.17, 15) is 13.2 Å². The van der Waals surface area contributed by atoms with Gasteiger partial charge in [0.2, 0.25) is 5.95 Å². The Hall–Kier alpha value is -3.95. The quantitative estimate of drug-likeness (QED) is 0.146. The van der Waals surface area contributed by atoms with E-state index < -0.39 is 15.9 Å². The van der Waals surface area contributed by atoms with Crippen molar-refractivity contribution in [3.05, 3.63) is 112 Å². The van der Waals surface area contributed by atoms with Crippen molar-refractivity contribution in [2.24, 2.45) is 5.92 Å². The minimum atomic E-state index is -4.11. The van der Waals surface area contributed by atoms with E-state index >= 15 is 0 Å². The van der Waals surface area contributed by atoms with E-state index in [2.05, 4.69) is 35.4 Å². The van der Waals surface area contributed by atoms with Gasteiger partial charge in [-0.05, 0) is 97.5 Å². The van der Waals surface area contributed by atoms with Crippen molar-refractivity contribution in [3.8, 4) is 5.75 Å². The molecule has 0 spiro atoms. The number of ether oxygens (including phenoxy) is 1. The number of sulfonamides is 1. The van der Waals surface area contributed by atoms with Crippen LogP contribution in [-0.4, -0.2) is 37.4 Å². The number of nitrogens with zero attached hydrogens (tertiary/aromatic N) is 3. The van der Waals surface area contributed by atoms with E-state index in [0.717, 1.165) is 61.1 Å². The van der Waals surface area contributed by atoms with Crippen LogP contribution in [-0.2, 0) is 29.3 Å². The van der Waals surface area contributed by atoms with E-state index in [1.807, 2.05) is 48.5 Å². The second-order valence-electron chi connectivity index (χ2n) is 12.5. The van der Waals surface area contributed by atoms with Gasteiger partial charge in [0.15, 0.2) is 0 Å². The molecule has 1 aromatic heterocycles. The van der Waals surface area contributed by atoms with Crippen molar-refractivity contribution in [2.45, 2.75) is 76.7 Å². The van der Waals surface area contributed by atoms with Crippen molar-refractivity contribution >= 4 is 33.5 Å². The number of aryl methyl sites for hydroxylation is 3. The lowest BCUT2D eigenvalue weighted by atomic mass is 10.0. The molecule has 0 saturated carbocycles. The zero-order valence-corrected chi connectivity index (χ0v) is 28.9. The van der Waals surface area contributed by atoms with E-state index in [0.29, 0.717) is 42.0 Å². The standard InChI is InChI=1S/C37H43ClN4O4S/c1-4-5-7-27-11-20-32(21-12-27)47(44,45)41-36(43)33-24-39-37(42-23-6-8-35(42)29-14-16-30(38)17-15-29)40-34(33)22-13-28-9-18-31(19-10-28)46-25-26(2)3/h9-12,14-21,24,26,35H,4-8,13,22-23,25H2,1-3H3,(H,41,43)/t35-/m1/s1. The summed E-state index contributed by atoms with van der Waals surface area (Å²) in [4.78, 5) is 25.3. The summed E-state index contributed by atoms with van der Waals surface area (Å²) in [5.74, 6) is 0.986. The molecular formula is C37H43ClN4O4S. The number of nitrogens with one attached hydrogen (secondary N) is 1. The van der Waals surface area contributed by atoms with Crippen LogP contribution in [0.5, 0.6) is 5.75 Å². The number of unbranched alkanes of at least 4 members (excludes halogenated alkanes) is 1. The third kappa shape index (κ3) is 9.11. The summed E-state index contributed by atoms with van der Waals surface area (Å²) in [7, 11) is -4.11. The van der Waals surface area contributed by atoms with Crippen molar-refractivity contribution in [3.63, 3.8) is 0 Å². The summed E-state index contributed by atoms with van der Waals surface area (Å²) in [5, 5.41) is 0.675. The van der Waals surface area contributed by atoms with Gasteiger partial charge < -0.3 is 9.64 Å². The Morgan fingerprint density at radius 3 is 2.34 bits per heavy atom. The lowest BCUT2D eigenvalue weighted by Crippen LogP contribution is -2.32. The molecule has 1 N–H and O–H groups in total. The molecule has 0 unspecified atom stereocenters. The van der Waals surface area contributed by atoms with Gasteiger partial charge in [0.25, 0.3) is 15.9 Å². The number of rotatable bonds is 14. The Balaban J connectivity index is 1.39. The molecule has 5 rings (SSSR count). The molecule has 4 aromatic rings. The Morgan fingerprint density at radius 1 is 0.979 bits per heavy atom. The summed E-state index contributed by atoms with van der Waals surface area (Å²) in [6.07, 6.45) is 7.31.